The summed E-state index contributed by atoms with van der Waals surface area (Å²) < 4.78 is 52.8. The van der Waals surface area contributed by atoms with Crippen LogP contribution >= 0.6 is 11.3 Å². The van der Waals surface area contributed by atoms with Crippen molar-refractivity contribution >= 4 is 21.4 Å². The molecule has 8 heteroatoms. The normalized spacial score (nSPS) is 11.6. The lowest BCUT2D eigenvalue weighted by atomic mass is 10.2. The number of aromatic nitrogens is 1. The van der Waals surface area contributed by atoms with Gasteiger partial charge in [-0.05, 0) is 41.3 Å². The molecule has 0 fully saturated rings. The van der Waals surface area contributed by atoms with E-state index in [9.17, 15) is 17.2 Å². The van der Waals surface area contributed by atoms with Crippen molar-refractivity contribution in [3.05, 3.63) is 71.4 Å². The second kappa shape index (κ2) is 6.76. The van der Waals surface area contributed by atoms with Gasteiger partial charge in [-0.3, -0.25) is 4.98 Å². The van der Waals surface area contributed by atoms with Gasteiger partial charge in [-0.2, -0.15) is 0 Å². The average Bonchev–Trinajstić information content (AvgIpc) is 3.10. The summed E-state index contributed by atoms with van der Waals surface area (Å²) in [5, 5.41) is 1.94. The molecule has 0 saturated carbocycles. The number of halogens is 2. The first-order valence-electron chi connectivity index (χ1n) is 6.88. The number of pyridine rings is 1. The van der Waals surface area contributed by atoms with Crippen molar-refractivity contribution in [3.8, 4) is 10.4 Å². The van der Waals surface area contributed by atoms with Crippen LogP contribution in [0.3, 0.4) is 0 Å². The van der Waals surface area contributed by atoms with Gasteiger partial charge in [0.15, 0.2) is 11.6 Å². The van der Waals surface area contributed by atoms with E-state index in [1.165, 1.54) is 0 Å². The number of hydrogen-bond donors (Lipinski definition) is 1. The lowest BCUT2D eigenvalue weighted by Crippen LogP contribution is -2.23. The molecule has 0 atom stereocenters. The van der Waals surface area contributed by atoms with Gasteiger partial charge in [0.25, 0.3) is 0 Å². The van der Waals surface area contributed by atoms with E-state index >= 15 is 0 Å². The van der Waals surface area contributed by atoms with Crippen LogP contribution in [0.5, 0.6) is 0 Å². The highest BCUT2D eigenvalue weighted by molar-refractivity contribution is 7.89. The molecule has 0 bridgehead atoms. The van der Waals surface area contributed by atoms with E-state index in [-0.39, 0.29) is 11.4 Å². The van der Waals surface area contributed by atoms with Gasteiger partial charge in [0, 0.05) is 29.4 Å². The molecule has 3 rings (SSSR count). The van der Waals surface area contributed by atoms with Gasteiger partial charge >= 0.3 is 0 Å². The van der Waals surface area contributed by atoms with Crippen molar-refractivity contribution in [1.29, 1.82) is 0 Å². The number of thiophene rings is 1. The predicted octanol–water partition coefficient (Wildman–Crippen LogP) is 3.57. The molecule has 2 aromatic heterocycles. The molecular formula is C16H12F2N2O2S2. The fourth-order valence-corrected chi connectivity index (χ4v) is 3.81. The SMILES string of the molecule is O=S(=O)(NCc1cncc(-c2cccs2)c1)c1ccc(F)c(F)c1. The van der Waals surface area contributed by atoms with E-state index < -0.39 is 21.7 Å². The van der Waals surface area contributed by atoms with Crippen LogP contribution in [0.2, 0.25) is 0 Å². The fraction of sp³-hybridized carbons (Fsp3) is 0.0625. The quantitative estimate of drug-likeness (QED) is 0.751. The van der Waals surface area contributed by atoms with Gasteiger partial charge in [0.2, 0.25) is 10.0 Å². The minimum Gasteiger partial charge on any atom is -0.264 e. The van der Waals surface area contributed by atoms with Crippen LogP contribution in [0.25, 0.3) is 10.4 Å². The third-order valence-corrected chi connectivity index (χ3v) is 5.59. The van der Waals surface area contributed by atoms with Crippen LogP contribution in [0, 0.1) is 11.6 Å². The Morgan fingerprint density at radius 3 is 2.62 bits per heavy atom. The Balaban J connectivity index is 1.77. The molecule has 4 nitrogen and oxygen atoms in total. The van der Waals surface area contributed by atoms with Crippen molar-refractivity contribution in [2.24, 2.45) is 0 Å². The predicted molar refractivity (Wildman–Crippen MR) is 87.9 cm³/mol. The Bertz CT molecular complexity index is 958. The first-order valence-corrected chi connectivity index (χ1v) is 9.24. The summed E-state index contributed by atoms with van der Waals surface area (Å²) in [5.41, 5.74) is 1.54. The van der Waals surface area contributed by atoms with Crippen LogP contribution in [0.1, 0.15) is 5.56 Å². The molecule has 0 aliphatic carbocycles. The van der Waals surface area contributed by atoms with Gasteiger partial charge in [-0.1, -0.05) is 6.07 Å². The number of rotatable bonds is 5. The molecular weight excluding hydrogens is 354 g/mol. The van der Waals surface area contributed by atoms with Crippen molar-refractivity contribution in [1.82, 2.24) is 9.71 Å². The summed E-state index contributed by atoms with van der Waals surface area (Å²) in [7, 11) is -3.95. The van der Waals surface area contributed by atoms with Crippen molar-refractivity contribution < 1.29 is 17.2 Å². The standard InChI is InChI=1S/C16H12F2N2O2S2/c17-14-4-3-13(7-15(14)18)24(21,22)20-9-11-6-12(10-19-8-11)16-2-1-5-23-16/h1-8,10,20H,9H2. The Morgan fingerprint density at radius 2 is 1.92 bits per heavy atom. The van der Waals surface area contributed by atoms with Gasteiger partial charge in [0.05, 0.1) is 4.90 Å². The Morgan fingerprint density at radius 1 is 1.08 bits per heavy atom. The molecule has 0 radical (unpaired) electrons. The maximum absolute atomic E-state index is 13.2. The molecule has 0 aliphatic heterocycles. The number of nitrogens with zero attached hydrogens (tertiary/aromatic N) is 1. The maximum Gasteiger partial charge on any atom is 0.240 e. The summed E-state index contributed by atoms with van der Waals surface area (Å²) >= 11 is 1.55. The largest absolute Gasteiger partial charge is 0.264 e. The van der Waals surface area contributed by atoms with E-state index in [0.717, 1.165) is 22.6 Å². The monoisotopic (exact) mass is 366 g/mol. The second-order valence-electron chi connectivity index (χ2n) is 4.96. The minimum atomic E-state index is -3.95. The molecule has 124 valence electrons. The third kappa shape index (κ3) is 3.66. The van der Waals surface area contributed by atoms with E-state index in [2.05, 4.69) is 9.71 Å². The van der Waals surface area contributed by atoms with Gasteiger partial charge in [-0.25, -0.2) is 21.9 Å². The molecule has 1 N–H and O–H groups in total. The van der Waals surface area contributed by atoms with Crippen LogP contribution in [-0.2, 0) is 16.6 Å². The smallest absolute Gasteiger partial charge is 0.240 e. The lowest BCUT2D eigenvalue weighted by Gasteiger charge is -2.08. The Labute approximate surface area is 141 Å². The molecule has 3 aromatic rings. The zero-order valence-corrected chi connectivity index (χ0v) is 13.9. The van der Waals surface area contributed by atoms with Gasteiger partial charge in [-0.15, -0.1) is 11.3 Å². The van der Waals surface area contributed by atoms with E-state index in [0.29, 0.717) is 11.6 Å². The fourth-order valence-electron chi connectivity index (χ4n) is 2.07. The van der Waals surface area contributed by atoms with Gasteiger partial charge < -0.3 is 0 Å². The number of hydrogen-bond acceptors (Lipinski definition) is 4. The van der Waals surface area contributed by atoms with E-state index in [4.69, 9.17) is 0 Å². The van der Waals surface area contributed by atoms with Gasteiger partial charge in [0.1, 0.15) is 0 Å². The molecule has 24 heavy (non-hydrogen) atoms. The Hall–Kier alpha value is -2.16. The first kappa shape index (κ1) is 16.7. The van der Waals surface area contributed by atoms with E-state index in [1.807, 2.05) is 23.6 Å². The van der Waals surface area contributed by atoms with Crippen molar-refractivity contribution in [2.75, 3.05) is 0 Å². The molecule has 0 amide bonds. The molecule has 0 spiro atoms. The number of sulfonamides is 1. The summed E-state index contributed by atoms with van der Waals surface area (Å²) in [6, 6.07) is 8.13. The van der Waals surface area contributed by atoms with Crippen LogP contribution < -0.4 is 4.72 Å². The lowest BCUT2D eigenvalue weighted by molar-refractivity contribution is 0.504. The van der Waals surface area contributed by atoms with Crippen molar-refractivity contribution in [2.45, 2.75) is 11.4 Å². The highest BCUT2D eigenvalue weighted by Gasteiger charge is 2.16. The number of benzene rings is 1. The molecule has 2 heterocycles. The molecule has 0 unspecified atom stereocenters. The third-order valence-electron chi connectivity index (χ3n) is 3.27. The van der Waals surface area contributed by atoms with Crippen LogP contribution in [-0.4, -0.2) is 13.4 Å². The van der Waals surface area contributed by atoms with Crippen LogP contribution in [0.4, 0.5) is 8.78 Å². The Kier molecular flexibility index (Phi) is 4.70. The number of nitrogens with one attached hydrogen (secondary N) is 1. The van der Waals surface area contributed by atoms with E-state index in [1.54, 1.807) is 23.7 Å². The zero-order valence-electron chi connectivity index (χ0n) is 12.2. The van der Waals surface area contributed by atoms with Crippen LogP contribution in [0.15, 0.2) is 59.1 Å². The topological polar surface area (TPSA) is 59.1 Å². The molecule has 1 aromatic carbocycles. The highest BCUT2D eigenvalue weighted by atomic mass is 32.2. The summed E-state index contributed by atoms with van der Waals surface area (Å²) in [5.74, 6) is -2.30. The second-order valence-corrected chi connectivity index (χ2v) is 7.67. The van der Waals surface area contributed by atoms with Crippen molar-refractivity contribution in [3.63, 3.8) is 0 Å². The zero-order chi connectivity index (χ0) is 17.2. The summed E-state index contributed by atoms with van der Waals surface area (Å²) in [6.07, 6.45) is 3.24. The first-order chi connectivity index (χ1) is 11.5. The molecule has 0 saturated heterocycles. The summed E-state index contributed by atoms with van der Waals surface area (Å²) in [6.45, 7) is -0.00640. The molecule has 0 aliphatic rings. The summed E-state index contributed by atoms with van der Waals surface area (Å²) in [4.78, 5) is 4.79. The average molecular weight is 366 g/mol. The maximum atomic E-state index is 13.2. The minimum absolute atomic E-state index is 0.00640. The highest BCUT2D eigenvalue weighted by Crippen LogP contribution is 2.24.